The highest BCUT2D eigenvalue weighted by atomic mass is 32.2. The normalized spacial score (nSPS) is 10.1. The first-order valence-corrected chi connectivity index (χ1v) is 6.53. The molecule has 0 unspecified atom stereocenters. The quantitative estimate of drug-likeness (QED) is 0.471. The fourth-order valence-corrected chi connectivity index (χ4v) is 1.90. The van der Waals surface area contributed by atoms with Crippen LogP contribution in [0.25, 0.3) is 0 Å². The summed E-state index contributed by atoms with van der Waals surface area (Å²) in [5, 5.41) is 14.0. The molecule has 0 aliphatic heterocycles. The second kappa shape index (κ2) is 6.37. The molecule has 1 rings (SSSR count). The second-order valence-corrected chi connectivity index (χ2v) is 4.48. The summed E-state index contributed by atoms with van der Waals surface area (Å²) in [5.41, 5.74) is 1.72. The molecule has 5 heteroatoms. The topological polar surface area (TPSA) is 55.2 Å². The molecule has 0 amide bonds. The van der Waals surface area contributed by atoms with Gasteiger partial charge in [0.2, 0.25) is 0 Å². The van der Waals surface area contributed by atoms with Crippen molar-refractivity contribution >= 4 is 23.1 Å². The van der Waals surface area contributed by atoms with Crippen molar-refractivity contribution in [3.05, 3.63) is 33.9 Å². The Morgan fingerprint density at radius 3 is 2.88 bits per heavy atom. The van der Waals surface area contributed by atoms with Crippen LogP contribution in [-0.2, 0) is 0 Å². The van der Waals surface area contributed by atoms with Crippen LogP contribution in [0.1, 0.15) is 12.0 Å². The zero-order chi connectivity index (χ0) is 12.0. The maximum absolute atomic E-state index is 10.8. The van der Waals surface area contributed by atoms with Crippen LogP contribution in [0.15, 0.2) is 18.2 Å². The van der Waals surface area contributed by atoms with Crippen LogP contribution in [0.4, 0.5) is 11.4 Å². The largest absolute Gasteiger partial charge is 0.379 e. The lowest BCUT2D eigenvalue weighted by molar-refractivity contribution is -0.384. The van der Waals surface area contributed by atoms with Crippen molar-refractivity contribution in [1.29, 1.82) is 0 Å². The van der Waals surface area contributed by atoms with Crippen LogP contribution in [0, 0.1) is 17.0 Å². The molecule has 0 spiro atoms. The van der Waals surface area contributed by atoms with E-state index in [1.54, 1.807) is 17.8 Å². The van der Waals surface area contributed by atoms with E-state index in [-0.39, 0.29) is 10.6 Å². The first-order valence-electron chi connectivity index (χ1n) is 5.13. The Bertz CT molecular complexity index is 369. The standard InChI is InChI=1S/C11H16N2O2S/c1-9-5-3-6-10(13(14)15)11(9)12-7-4-8-16-2/h3,5-6,12H,4,7-8H2,1-2H3. The first kappa shape index (κ1) is 12.8. The maximum atomic E-state index is 10.8. The third-order valence-corrected chi connectivity index (χ3v) is 2.97. The molecular formula is C11H16N2O2S. The van der Waals surface area contributed by atoms with E-state index in [1.807, 2.05) is 13.0 Å². The van der Waals surface area contributed by atoms with Crippen molar-refractivity contribution in [2.24, 2.45) is 0 Å². The number of anilines is 1. The van der Waals surface area contributed by atoms with Crippen LogP contribution in [-0.4, -0.2) is 23.5 Å². The Morgan fingerprint density at radius 1 is 1.50 bits per heavy atom. The van der Waals surface area contributed by atoms with Crippen LogP contribution >= 0.6 is 11.8 Å². The molecule has 1 aromatic carbocycles. The number of rotatable bonds is 6. The van der Waals surface area contributed by atoms with Gasteiger partial charge in [0, 0.05) is 12.6 Å². The maximum Gasteiger partial charge on any atom is 0.292 e. The summed E-state index contributed by atoms with van der Waals surface area (Å²) in [4.78, 5) is 10.5. The summed E-state index contributed by atoms with van der Waals surface area (Å²) in [7, 11) is 0. The first-order chi connectivity index (χ1) is 7.66. The Hall–Kier alpha value is -1.23. The minimum Gasteiger partial charge on any atom is -0.379 e. The number of benzene rings is 1. The van der Waals surface area contributed by atoms with Gasteiger partial charge in [-0.25, -0.2) is 0 Å². The van der Waals surface area contributed by atoms with E-state index in [2.05, 4.69) is 11.6 Å². The zero-order valence-electron chi connectivity index (χ0n) is 9.53. The van der Waals surface area contributed by atoms with E-state index >= 15 is 0 Å². The highest BCUT2D eigenvalue weighted by molar-refractivity contribution is 7.98. The number of nitrogens with one attached hydrogen (secondary N) is 1. The van der Waals surface area contributed by atoms with Crippen molar-refractivity contribution in [1.82, 2.24) is 0 Å². The van der Waals surface area contributed by atoms with Gasteiger partial charge in [0.15, 0.2) is 0 Å². The SMILES string of the molecule is CSCCCNc1c(C)cccc1[N+](=O)[O-]. The summed E-state index contributed by atoms with van der Waals surface area (Å²) in [6.07, 6.45) is 3.06. The highest BCUT2D eigenvalue weighted by Crippen LogP contribution is 2.27. The molecule has 0 aliphatic carbocycles. The third-order valence-electron chi connectivity index (χ3n) is 2.27. The number of nitro groups is 1. The van der Waals surface area contributed by atoms with Gasteiger partial charge in [0.25, 0.3) is 5.69 Å². The van der Waals surface area contributed by atoms with Gasteiger partial charge in [-0.15, -0.1) is 0 Å². The molecule has 0 atom stereocenters. The highest BCUT2D eigenvalue weighted by Gasteiger charge is 2.14. The number of aryl methyl sites for hydroxylation is 1. The molecule has 0 saturated heterocycles. The van der Waals surface area contributed by atoms with Crippen LogP contribution in [0.3, 0.4) is 0 Å². The Labute approximate surface area is 99.6 Å². The minimum atomic E-state index is -0.343. The molecule has 88 valence electrons. The molecule has 0 fully saturated rings. The number of thioether (sulfide) groups is 1. The predicted molar refractivity (Wildman–Crippen MR) is 69.3 cm³/mol. The summed E-state index contributed by atoms with van der Waals surface area (Å²) >= 11 is 1.78. The molecule has 0 aromatic heterocycles. The lowest BCUT2D eigenvalue weighted by atomic mass is 10.1. The number of nitro benzene ring substituents is 1. The van der Waals surface area contributed by atoms with E-state index in [0.29, 0.717) is 5.69 Å². The number of hydrogen-bond acceptors (Lipinski definition) is 4. The molecule has 0 heterocycles. The smallest absolute Gasteiger partial charge is 0.292 e. The third kappa shape index (κ3) is 3.41. The fourth-order valence-electron chi connectivity index (χ4n) is 1.46. The average molecular weight is 240 g/mol. The van der Waals surface area contributed by atoms with Crippen molar-refractivity contribution in [3.63, 3.8) is 0 Å². The molecule has 1 aromatic rings. The van der Waals surface area contributed by atoms with Gasteiger partial charge >= 0.3 is 0 Å². The number of para-hydroxylation sites is 1. The van der Waals surface area contributed by atoms with Crippen LogP contribution in [0.5, 0.6) is 0 Å². The molecule has 0 aliphatic rings. The summed E-state index contributed by atoms with van der Waals surface area (Å²) in [6.45, 7) is 2.65. The van der Waals surface area contributed by atoms with Gasteiger partial charge in [0.1, 0.15) is 5.69 Å². The van der Waals surface area contributed by atoms with Gasteiger partial charge in [-0.2, -0.15) is 11.8 Å². The van der Waals surface area contributed by atoms with E-state index in [1.165, 1.54) is 6.07 Å². The number of hydrogen-bond donors (Lipinski definition) is 1. The van der Waals surface area contributed by atoms with Crippen molar-refractivity contribution in [2.75, 3.05) is 23.9 Å². The summed E-state index contributed by atoms with van der Waals surface area (Å²) < 4.78 is 0. The molecule has 16 heavy (non-hydrogen) atoms. The van der Waals surface area contributed by atoms with E-state index in [9.17, 15) is 10.1 Å². The lowest BCUT2D eigenvalue weighted by Crippen LogP contribution is -2.06. The van der Waals surface area contributed by atoms with Gasteiger partial charge in [0.05, 0.1) is 4.92 Å². The number of nitrogens with zero attached hydrogens (tertiary/aromatic N) is 1. The van der Waals surface area contributed by atoms with Crippen LogP contribution < -0.4 is 5.32 Å². The molecular weight excluding hydrogens is 224 g/mol. The second-order valence-electron chi connectivity index (χ2n) is 3.50. The van der Waals surface area contributed by atoms with Gasteiger partial charge < -0.3 is 5.32 Å². The van der Waals surface area contributed by atoms with E-state index in [4.69, 9.17) is 0 Å². The van der Waals surface area contributed by atoms with Gasteiger partial charge in [-0.3, -0.25) is 10.1 Å². The van der Waals surface area contributed by atoms with E-state index in [0.717, 1.165) is 24.3 Å². The summed E-state index contributed by atoms with van der Waals surface area (Å²) in [5.74, 6) is 1.06. The average Bonchev–Trinajstić information content (AvgIpc) is 2.25. The predicted octanol–water partition coefficient (Wildman–Crippen LogP) is 3.07. The zero-order valence-corrected chi connectivity index (χ0v) is 10.3. The van der Waals surface area contributed by atoms with Crippen LogP contribution in [0.2, 0.25) is 0 Å². The molecule has 0 saturated carbocycles. The van der Waals surface area contributed by atoms with Crippen molar-refractivity contribution < 1.29 is 4.92 Å². The fraction of sp³-hybridized carbons (Fsp3) is 0.455. The van der Waals surface area contributed by atoms with Gasteiger partial charge in [-0.05, 0) is 30.9 Å². The molecule has 0 radical (unpaired) electrons. The molecule has 1 N–H and O–H groups in total. The van der Waals surface area contributed by atoms with Gasteiger partial charge in [-0.1, -0.05) is 12.1 Å². The summed E-state index contributed by atoms with van der Waals surface area (Å²) in [6, 6.07) is 5.12. The molecule has 4 nitrogen and oxygen atoms in total. The Kier molecular flexibility index (Phi) is 5.11. The monoisotopic (exact) mass is 240 g/mol. The Balaban J connectivity index is 2.73. The van der Waals surface area contributed by atoms with E-state index < -0.39 is 0 Å². The molecule has 0 bridgehead atoms. The van der Waals surface area contributed by atoms with Crippen molar-refractivity contribution in [2.45, 2.75) is 13.3 Å². The minimum absolute atomic E-state index is 0.157. The van der Waals surface area contributed by atoms with Crippen molar-refractivity contribution in [3.8, 4) is 0 Å². The lowest BCUT2D eigenvalue weighted by Gasteiger charge is -2.09. The Morgan fingerprint density at radius 2 is 2.25 bits per heavy atom.